The average molecular weight is 288 g/mol. The van der Waals surface area contributed by atoms with Crippen molar-refractivity contribution in [1.82, 2.24) is 5.32 Å². The van der Waals surface area contributed by atoms with Crippen molar-refractivity contribution in [2.45, 2.75) is 34.1 Å². The fourth-order valence-corrected chi connectivity index (χ4v) is 2.34. The molecule has 0 aliphatic rings. The summed E-state index contributed by atoms with van der Waals surface area (Å²) >= 11 is 12.2. The summed E-state index contributed by atoms with van der Waals surface area (Å²) in [5.74, 6) is 0.676. The summed E-state index contributed by atoms with van der Waals surface area (Å²) < 4.78 is 0. The SMILES string of the molecule is CC(C)CNCC(C)(C)Cc1cc(Cl)ccc1Cl. The van der Waals surface area contributed by atoms with E-state index in [9.17, 15) is 0 Å². The van der Waals surface area contributed by atoms with Gasteiger partial charge in [0.15, 0.2) is 0 Å². The monoisotopic (exact) mass is 287 g/mol. The Labute approximate surface area is 121 Å². The Bertz CT molecular complexity index is 386. The molecule has 1 aromatic carbocycles. The van der Waals surface area contributed by atoms with E-state index in [4.69, 9.17) is 23.2 Å². The maximum atomic E-state index is 6.21. The van der Waals surface area contributed by atoms with Gasteiger partial charge in [-0.3, -0.25) is 0 Å². The first-order valence-electron chi connectivity index (χ1n) is 6.45. The largest absolute Gasteiger partial charge is 0.316 e. The molecule has 0 amide bonds. The summed E-state index contributed by atoms with van der Waals surface area (Å²) in [5, 5.41) is 5.06. The number of hydrogen-bond acceptors (Lipinski definition) is 1. The van der Waals surface area contributed by atoms with Gasteiger partial charge in [0, 0.05) is 16.6 Å². The molecule has 0 aromatic heterocycles. The first-order chi connectivity index (χ1) is 8.30. The second-order valence-corrected chi connectivity index (χ2v) is 6.95. The molecule has 0 saturated carbocycles. The van der Waals surface area contributed by atoms with Gasteiger partial charge < -0.3 is 5.32 Å². The zero-order chi connectivity index (χ0) is 13.8. The minimum atomic E-state index is 0.170. The molecule has 1 rings (SSSR count). The van der Waals surface area contributed by atoms with Crippen LogP contribution < -0.4 is 5.32 Å². The molecule has 1 N–H and O–H groups in total. The Morgan fingerprint density at radius 1 is 1.22 bits per heavy atom. The van der Waals surface area contributed by atoms with Crippen LogP contribution in [0.25, 0.3) is 0 Å². The Balaban J connectivity index is 2.61. The lowest BCUT2D eigenvalue weighted by atomic mass is 9.85. The third-order valence-electron chi connectivity index (χ3n) is 2.83. The number of hydrogen-bond donors (Lipinski definition) is 1. The fraction of sp³-hybridized carbons (Fsp3) is 0.600. The van der Waals surface area contributed by atoms with Crippen LogP contribution in [0.2, 0.25) is 10.0 Å². The molecule has 0 fully saturated rings. The molecule has 1 nitrogen and oxygen atoms in total. The molecule has 0 saturated heterocycles. The number of rotatable bonds is 6. The minimum Gasteiger partial charge on any atom is -0.316 e. The lowest BCUT2D eigenvalue weighted by Crippen LogP contribution is -2.33. The topological polar surface area (TPSA) is 12.0 Å². The second-order valence-electron chi connectivity index (χ2n) is 6.10. The standard InChI is InChI=1S/C15H23Cl2N/c1-11(2)9-18-10-15(3,4)8-12-7-13(16)5-6-14(12)17/h5-7,11,18H,8-10H2,1-4H3. The van der Waals surface area contributed by atoms with Crippen LogP contribution in [-0.4, -0.2) is 13.1 Å². The lowest BCUT2D eigenvalue weighted by Gasteiger charge is -2.26. The Kier molecular flexibility index (Phi) is 5.97. The van der Waals surface area contributed by atoms with Gasteiger partial charge in [-0.2, -0.15) is 0 Å². The molecular formula is C15H23Cl2N. The molecule has 102 valence electrons. The van der Waals surface area contributed by atoms with Gasteiger partial charge in [0.1, 0.15) is 0 Å². The molecule has 0 heterocycles. The summed E-state index contributed by atoms with van der Waals surface area (Å²) in [5.41, 5.74) is 1.30. The Morgan fingerprint density at radius 2 is 1.89 bits per heavy atom. The van der Waals surface area contributed by atoms with Gasteiger partial charge in [0.05, 0.1) is 0 Å². The highest BCUT2D eigenvalue weighted by Gasteiger charge is 2.19. The molecule has 0 atom stereocenters. The van der Waals surface area contributed by atoms with E-state index in [0.717, 1.165) is 35.1 Å². The average Bonchev–Trinajstić information content (AvgIpc) is 2.22. The van der Waals surface area contributed by atoms with Crippen molar-refractivity contribution in [2.75, 3.05) is 13.1 Å². The highest BCUT2D eigenvalue weighted by atomic mass is 35.5. The van der Waals surface area contributed by atoms with Crippen molar-refractivity contribution in [1.29, 1.82) is 0 Å². The molecule has 0 aliphatic carbocycles. The van der Waals surface area contributed by atoms with Gasteiger partial charge in [-0.1, -0.05) is 50.9 Å². The maximum Gasteiger partial charge on any atom is 0.0439 e. The van der Waals surface area contributed by atoms with Crippen LogP contribution in [0.1, 0.15) is 33.3 Å². The number of benzene rings is 1. The molecule has 3 heteroatoms. The van der Waals surface area contributed by atoms with E-state index in [1.54, 1.807) is 0 Å². The van der Waals surface area contributed by atoms with Crippen LogP contribution in [0, 0.1) is 11.3 Å². The highest BCUT2D eigenvalue weighted by molar-refractivity contribution is 6.33. The van der Waals surface area contributed by atoms with Crippen molar-refractivity contribution in [3.8, 4) is 0 Å². The van der Waals surface area contributed by atoms with Crippen LogP contribution in [0.4, 0.5) is 0 Å². The number of halogens is 2. The van der Waals surface area contributed by atoms with Crippen molar-refractivity contribution < 1.29 is 0 Å². The summed E-state index contributed by atoms with van der Waals surface area (Å²) in [6.07, 6.45) is 0.928. The van der Waals surface area contributed by atoms with E-state index in [2.05, 4.69) is 33.0 Å². The second kappa shape index (κ2) is 6.79. The van der Waals surface area contributed by atoms with E-state index in [0.29, 0.717) is 5.92 Å². The third kappa shape index (κ3) is 5.60. The quantitative estimate of drug-likeness (QED) is 0.792. The van der Waals surface area contributed by atoms with E-state index in [-0.39, 0.29) is 5.41 Å². The summed E-state index contributed by atoms with van der Waals surface area (Å²) in [6.45, 7) is 11.0. The van der Waals surface area contributed by atoms with E-state index in [1.807, 2.05) is 18.2 Å². The molecule has 0 spiro atoms. The first kappa shape index (κ1) is 15.8. The van der Waals surface area contributed by atoms with E-state index < -0.39 is 0 Å². The molecule has 0 radical (unpaired) electrons. The van der Waals surface area contributed by atoms with Crippen molar-refractivity contribution in [2.24, 2.45) is 11.3 Å². The van der Waals surface area contributed by atoms with Crippen molar-refractivity contribution in [3.63, 3.8) is 0 Å². The molecule has 1 aromatic rings. The van der Waals surface area contributed by atoms with Crippen molar-refractivity contribution in [3.05, 3.63) is 33.8 Å². The third-order valence-corrected chi connectivity index (χ3v) is 3.44. The molecule has 18 heavy (non-hydrogen) atoms. The predicted octanol–water partition coefficient (Wildman–Crippen LogP) is 4.81. The lowest BCUT2D eigenvalue weighted by molar-refractivity contribution is 0.330. The molecule has 0 aliphatic heterocycles. The van der Waals surface area contributed by atoms with Gasteiger partial charge in [-0.05, 0) is 48.1 Å². The smallest absolute Gasteiger partial charge is 0.0439 e. The molecular weight excluding hydrogens is 265 g/mol. The summed E-state index contributed by atoms with van der Waals surface area (Å²) in [6, 6.07) is 5.67. The van der Waals surface area contributed by atoms with Gasteiger partial charge >= 0.3 is 0 Å². The van der Waals surface area contributed by atoms with Crippen LogP contribution in [0.5, 0.6) is 0 Å². The zero-order valence-corrected chi connectivity index (χ0v) is 13.2. The highest BCUT2D eigenvalue weighted by Crippen LogP contribution is 2.28. The van der Waals surface area contributed by atoms with Crippen LogP contribution in [0.15, 0.2) is 18.2 Å². The van der Waals surface area contributed by atoms with Gasteiger partial charge in [-0.25, -0.2) is 0 Å². The van der Waals surface area contributed by atoms with Gasteiger partial charge in [0.2, 0.25) is 0 Å². The maximum absolute atomic E-state index is 6.21. The zero-order valence-electron chi connectivity index (χ0n) is 11.7. The summed E-state index contributed by atoms with van der Waals surface area (Å²) in [4.78, 5) is 0. The fourth-order valence-electron chi connectivity index (χ4n) is 1.96. The minimum absolute atomic E-state index is 0.170. The molecule has 0 bridgehead atoms. The van der Waals surface area contributed by atoms with E-state index in [1.165, 1.54) is 0 Å². The summed E-state index contributed by atoms with van der Waals surface area (Å²) in [7, 11) is 0. The predicted molar refractivity (Wildman–Crippen MR) is 81.7 cm³/mol. The molecule has 0 unspecified atom stereocenters. The van der Waals surface area contributed by atoms with E-state index >= 15 is 0 Å². The van der Waals surface area contributed by atoms with Crippen LogP contribution in [0.3, 0.4) is 0 Å². The Morgan fingerprint density at radius 3 is 2.50 bits per heavy atom. The normalized spacial score (nSPS) is 12.2. The van der Waals surface area contributed by atoms with Gasteiger partial charge in [-0.15, -0.1) is 0 Å². The number of nitrogens with one attached hydrogen (secondary N) is 1. The van der Waals surface area contributed by atoms with Gasteiger partial charge in [0.25, 0.3) is 0 Å². The first-order valence-corrected chi connectivity index (χ1v) is 7.20. The van der Waals surface area contributed by atoms with Crippen molar-refractivity contribution >= 4 is 23.2 Å². The Hall–Kier alpha value is -0.240. The van der Waals surface area contributed by atoms with Crippen LogP contribution >= 0.6 is 23.2 Å². The van der Waals surface area contributed by atoms with Crippen LogP contribution in [-0.2, 0) is 6.42 Å².